The standard InChI is InChI=1S/C19H18FN3O3/c20-15-3-7-17(8-4-15)26-13-23-12-10-18(22-23)19(25)21-11-9-14-1-5-16(24)6-2-14/h1-8,10,12,24H,9,11,13H2,(H,21,25). The fourth-order valence-electron chi connectivity index (χ4n) is 2.30. The van der Waals surface area contributed by atoms with Crippen LogP contribution in [0.25, 0.3) is 0 Å². The number of ether oxygens (including phenoxy) is 1. The molecule has 1 amide bonds. The third kappa shape index (κ3) is 4.83. The van der Waals surface area contributed by atoms with Crippen LogP contribution in [0.4, 0.5) is 4.39 Å². The molecule has 0 aliphatic carbocycles. The molecule has 0 atom stereocenters. The van der Waals surface area contributed by atoms with E-state index in [1.807, 2.05) is 12.1 Å². The van der Waals surface area contributed by atoms with E-state index in [1.54, 1.807) is 24.4 Å². The highest BCUT2D eigenvalue weighted by Crippen LogP contribution is 2.12. The van der Waals surface area contributed by atoms with Gasteiger partial charge in [-0.05, 0) is 54.4 Å². The van der Waals surface area contributed by atoms with Gasteiger partial charge in [0.25, 0.3) is 5.91 Å². The lowest BCUT2D eigenvalue weighted by Crippen LogP contribution is -2.26. The zero-order valence-electron chi connectivity index (χ0n) is 13.9. The van der Waals surface area contributed by atoms with E-state index < -0.39 is 0 Å². The molecule has 0 saturated heterocycles. The predicted octanol–water partition coefficient (Wildman–Crippen LogP) is 2.74. The molecule has 1 aromatic heterocycles. The van der Waals surface area contributed by atoms with E-state index in [1.165, 1.54) is 28.9 Å². The first-order chi connectivity index (χ1) is 12.6. The van der Waals surface area contributed by atoms with Gasteiger partial charge in [-0.25, -0.2) is 9.07 Å². The number of hydrogen-bond donors (Lipinski definition) is 2. The first-order valence-corrected chi connectivity index (χ1v) is 8.08. The second-order valence-corrected chi connectivity index (χ2v) is 5.64. The van der Waals surface area contributed by atoms with E-state index in [4.69, 9.17) is 4.74 Å². The zero-order valence-corrected chi connectivity index (χ0v) is 13.9. The largest absolute Gasteiger partial charge is 0.508 e. The highest BCUT2D eigenvalue weighted by atomic mass is 19.1. The van der Waals surface area contributed by atoms with Gasteiger partial charge in [-0.3, -0.25) is 4.79 Å². The number of aromatic hydroxyl groups is 1. The third-order valence-corrected chi connectivity index (χ3v) is 3.69. The van der Waals surface area contributed by atoms with Gasteiger partial charge in [-0.2, -0.15) is 5.10 Å². The van der Waals surface area contributed by atoms with Gasteiger partial charge >= 0.3 is 0 Å². The predicted molar refractivity (Wildman–Crippen MR) is 93.4 cm³/mol. The van der Waals surface area contributed by atoms with E-state index in [9.17, 15) is 14.3 Å². The van der Waals surface area contributed by atoms with Crippen LogP contribution in [0.3, 0.4) is 0 Å². The lowest BCUT2D eigenvalue weighted by atomic mass is 10.1. The Balaban J connectivity index is 1.46. The summed E-state index contributed by atoms with van der Waals surface area (Å²) in [5, 5.41) is 16.2. The van der Waals surface area contributed by atoms with Crippen LogP contribution in [0, 0.1) is 5.82 Å². The molecule has 134 valence electrons. The van der Waals surface area contributed by atoms with E-state index in [-0.39, 0.29) is 24.2 Å². The van der Waals surface area contributed by atoms with E-state index in [0.717, 1.165) is 5.56 Å². The summed E-state index contributed by atoms with van der Waals surface area (Å²) in [4.78, 5) is 12.1. The Kier molecular flexibility index (Phi) is 5.48. The van der Waals surface area contributed by atoms with E-state index in [0.29, 0.717) is 24.4 Å². The smallest absolute Gasteiger partial charge is 0.271 e. The number of halogens is 1. The molecule has 2 N–H and O–H groups in total. The molecule has 0 aliphatic rings. The Bertz CT molecular complexity index is 860. The van der Waals surface area contributed by atoms with Crippen molar-refractivity contribution in [3.05, 3.63) is 77.9 Å². The van der Waals surface area contributed by atoms with Gasteiger partial charge in [-0.15, -0.1) is 0 Å². The van der Waals surface area contributed by atoms with Crippen LogP contribution in [-0.2, 0) is 13.2 Å². The molecule has 0 bridgehead atoms. The van der Waals surface area contributed by atoms with Gasteiger partial charge in [0, 0.05) is 12.7 Å². The number of nitrogens with zero attached hydrogens (tertiary/aromatic N) is 2. The van der Waals surface area contributed by atoms with Crippen molar-refractivity contribution in [2.45, 2.75) is 13.2 Å². The molecule has 6 nitrogen and oxygen atoms in total. The van der Waals surface area contributed by atoms with Gasteiger partial charge in [0.2, 0.25) is 0 Å². The summed E-state index contributed by atoms with van der Waals surface area (Å²) in [5.41, 5.74) is 1.31. The van der Waals surface area contributed by atoms with Crippen LogP contribution in [0.1, 0.15) is 16.1 Å². The second kappa shape index (κ2) is 8.15. The van der Waals surface area contributed by atoms with Gasteiger partial charge in [-0.1, -0.05) is 12.1 Å². The maximum atomic E-state index is 12.8. The second-order valence-electron chi connectivity index (χ2n) is 5.64. The number of nitrogens with one attached hydrogen (secondary N) is 1. The van der Waals surface area contributed by atoms with Crippen LogP contribution >= 0.6 is 0 Å². The van der Waals surface area contributed by atoms with Crippen LogP contribution in [-0.4, -0.2) is 27.3 Å². The summed E-state index contributed by atoms with van der Waals surface area (Å²) in [6.07, 6.45) is 2.29. The lowest BCUT2D eigenvalue weighted by Gasteiger charge is -2.06. The Morgan fingerprint density at radius 3 is 2.58 bits per heavy atom. The molecule has 7 heteroatoms. The van der Waals surface area contributed by atoms with Gasteiger partial charge in [0.1, 0.15) is 23.0 Å². The molecule has 1 heterocycles. The summed E-state index contributed by atoms with van der Waals surface area (Å²) in [5.74, 6) is 0.125. The minimum atomic E-state index is -0.331. The molecule has 26 heavy (non-hydrogen) atoms. The number of benzene rings is 2. The number of carbonyl (C=O) groups is 1. The summed E-state index contributed by atoms with van der Waals surface area (Å²) < 4.78 is 19.8. The monoisotopic (exact) mass is 355 g/mol. The van der Waals surface area contributed by atoms with Crippen LogP contribution < -0.4 is 10.1 Å². The van der Waals surface area contributed by atoms with Gasteiger partial charge in [0.05, 0.1) is 0 Å². The SMILES string of the molecule is O=C(NCCc1ccc(O)cc1)c1ccn(COc2ccc(F)cc2)n1. The molecule has 0 aliphatic heterocycles. The van der Waals surface area contributed by atoms with Crippen molar-refractivity contribution in [1.29, 1.82) is 0 Å². The third-order valence-electron chi connectivity index (χ3n) is 3.69. The van der Waals surface area contributed by atoms with Crippen molar-refractivity contribution >= 4 is 5.91 Å². The molecule has 2 aromatic carbocycles. The van der Waals surface area contributed by atoms with Gasteiger partial charge < -0.3 is 15.2 Å². The minimum absolute atomic E-state index is 0.117. The number of hydrogen-bond acceptors (Lipinski definition) is 4. The van der Waals surface area contributed by atoms with E-state index >= 15 is 0 Å². The van der Waals surface area contributed by atoms with Crippen LogP contribution in [0.2, 0.25) is 0 Å². The molecule has 0 unspecified atom stereocenters. The zero-order chi connectivity index (χ0) is 18.4. The number of aromatic nitrogens is 2. The molecule has 3 aromatic rings. The highest BCUT2D eigenvalue weighted by molar-refractivity contribution is 5.92. The summed E-state index contributed by atoms with van der Waals surface area (Å²) >= 11 is 0. The summed E-state index contributed by atoms with van der Waals surface area (Å²) in [6.45, 7) is 0.578. The van der Waals surface area contributed by atoms with Gasteiger partial charge in [0.15, 0.2) is 6.73 Å². The Morgan fingerprint density at radius 1 is 1.12 bits per heavy atom. The Morgan fingerprint density at radius 2 is 1.85 bits per heavy atom. The summed E-state index contributed by atoms with van der Waals surface area (Å²) in [7, 11) is 0. The van der Waals surface area contributed by atoms with Crippen molar-refractivity contribution in [2.75, 3.05) is 6.54 Å². The van der Waals surface area contributed by atoms with Crippen molar-refractivity contribution in [3.63, 3.8) is 0 Å². The molecule has 0 radical (unpaired) electrons. The quantitative estimate of drug-likeness (QED) is 0.683. The molecule has 3 rings (SSSR count). The minimum Gasteiger partial charge on any atom is -0.508 e. The topological polar surface area (TPSA) is 76.4 Å². The molecular weight excluding hydrogens is 337 g/mol. The number of phenolic OH excluding ortho intramolecular Hbond substituents is 1. The van der Waals surface area contributed by atoms with E-state index in [2.05, 4.69) is 10.4 Å². The van der Waals surface area contributed by atoms with Crippen molar-refractivity contribution in [1.82, 2.24) is 15.1 Å². The Labute approximate surface area is 149 Å². The number of rotatable bonds is 7. The Hall–Kier alpha value is -3.35. The lowest BCUT2D eigenvalue weighted by molar-refractivity contribution is 0.0947. The molecule has 0 saturated carbocycles. The molecule has 0 fully saturated rings. The van der Waals surface area contributed by atoms with Crippen molar-refractivity contribution in [2.24, 2.45) is 0 Å². The molecular formula is C19H18FN3O3. The maximum absolute atomic E-state index is 12.8. The van der Waals surface area contributed by atoms with Crippen LogP contribution in [0.15, 0.2) is 60.8 Å². The van der Waals surface area contributed by atoms with Crippen LogP contribution in [0.5, 0.6) is 11.5 Å². The average Bonchev–Trinajstić information content (AvgIpc) is 3.12. The number of amides is 1. The highest BCUT2D eigenvalue weighted by Gasteiger charge is 2.09. The van der Waals surface area contributed by atoms with Crippen molar-refractivity contribution in [3.8, 4) is 11.5 Å². The normalized spacial score (nSPS) is 10.5. The number of carbonyl (C=O) groups excluding carboxylic acids is 1. The first-order valence-electron chi connectivity index (χ1n) is 8.08. The number of phenols is 1. The maximum Gasteiger partial charge on any atom is 0.271 e. The first kappa shape index (κ1) is 17.5. The van der Waals surface area contributed by atoms with Crippen molar-refractivity contribution < 1.29 is 19.0 Å². The molecule has 0 spiro atoms. The fraction of sp³-hybridized carbons (Fsp3) is 0.158. The fourth-order valence-corrected chi connectivity index (χ4v) is 2.30. The summed E-state index contributed by atoms with van der Waals surface area (Å²) in [6, 6.07) is 14.1. The average molecular weight is 355 g/mol.